The smallest absolute Gasteiger partial charge is 0.270 e. The number of hydrogen-bond donors (Lipinski definition) is 1. The van der Waals surface area contributed by atoms with Crippen LogP contribution < -0.4 is 5.32 Å². The first-order valence-corrected chi connectivity index (χ1v) is 7.96. The Labute approximate surface area is 140 Å². The third kappa shape index (κ3) is 3.19. The first-order chi connectivity index (χ1) is 11.1. The number of oxazole rings is 1. The molecule has 3 rings (SSSR count). The fraction of sp³-hybridized carbons (Fsp3) is 0.188. The predicted molar refractivity (Wildman–Crippen MR) is 92.6 cm³/mol. The molecule has 0 aliphatic heterocycles. The summed E-state index contributed by atoms with van der Waals surface area (Å²) in [6.45, 7) is 2.81. The zero-order chi connectivity index (χ0) is 16.4. The largest absolute Gasteiger partial charge is 0.436 e. The van der Waals surface area contributed by atoms with E-state index in [1.54, 1.807) is 6.07 Å². The van der Waals surface area contributed by atoms with Crippen molar-refractivity contribution >= 4 is 38.4 Å². The van der Waals surface area contributed by atoms with Crippen LogP contribution in [0.3, 0.4) is 0 Å². The van der Waals surface area contributed by atoms with Crippen LogP contribution in [0.25, 0.3) is 22.6 Å². The van der Waals surface area contributed by atoms with Gasteiger partial charge in [-0.05, 0) is 30.7 Å². The number of nitro groups is 1. The molecule has 0 aliphatic carbocycles. The van der Waals surface area contributed by atoms with Crippen LogP contribution in [0.15, 0.2) is 45.3 Å². The fourth-order valence-electron chi connectivity index (χ4n) is 2.25. The number of aromatic nitrogens is 1. The highest BCUT2D eigenvalue weighted by molar-refractivity contribution is 9.10. The molecule has 0 bridgehead atoms. The van der Waals surface area contributed by atoms with Crippen molar-refractivity contribution in [3.05, 3.63) is 51.0 Å². The van der Waals surface area contributed by atoms with Crippen LogP contribution >= 0.6 is 15.9 Å². The lowest BCUT2D eigenvalue weighted by Crippen LogP contribution is -2.02. The Morgan fingerprint density at radius 3 is 2.87 bits per heavy atom. The molecule has 2 aromatic carbocycles. The van der Waals surface area contributed by atoms with E-state index in [0.29, 0.717) is 22.6 Å². The van der Waals surface area contributed by atoms with Gasteiger partial charge in [-0.15, -0.1) is 0 Å². The molecule has 1 aromatic heterocycles. The van der Waals surface area contributed by atoms with E-state index in [2.05, 4.69) is 33.2 Å². The summed E-state index contributed by atoms with van der Waals surface area (Å²) in [7, 11) is 0. The molecule has 0 radical (unpaired) electrons. The van der Waals surface area contributed by atoms with Crippen LogP contribution in [-0.2, 0) is 0 Å². The van der Waals surface area contributed by atoms with Crippen molar-refractivity contribution in [2.75, 3.05) is 11.9 Å². The first-order valence-electron chi connectivity index (χ1n) is 7.17. The second kappa shape index (κ2) is 6.37. The Hall–Kier alpha value is -2.41. The highest BCUT2D eigenvalue weighted by Gasteiger charge is 2.17. The van der Waals surface area contributed by atoms with Gasteiger partial charge in [0.15, 0.2) is 5.58 Å². The van der Waals surface area contributed by atoms with Crippen molar-refractivity contribution in [3.63, 3.8) is 0 Å². The van der Waals surface area contributed by atoms with Gasteiger partial charge in [-0.3, -0.25) is 10.1 Å². The lowest BCUT2D eigenvalue weighted by Gasteiger charge is -2.08. The number of nitro benzene ring substituents is 1. The molecule has 0 fully saturated rings. The second-order valence-corrected chi connectivity index (χ2v) is 5.96. The van der Waals surface area contributed by atoms with Crippen molar-refractivity contribution in [1.82, 2.24) is 4.98 Å². The number of fused-ring (bicyclic) bond motifs is 1. The highest BCUT2D eigenvalue weighted by Crippen LogP contribution is 2.33. The number of non-ortho nitro benzene ring substituents is 1. The van der Waals surface area contributed by atoms with Crippen molar-refractivity contribution < 1.29 is 9.34 Å². The Morgan fingerprint density at radius 2 is 2.13 bits per heavy atom. The van der Waals surface area contributed by atoms with Gasteiger partial charge in [0.05, 0.1) is 10.5 Å². The van der Waals surface area contributed by atoms with Crippen molar-refractivity contribution in [3.8, 4) is 11.5 Å². The van der Waals surface area contributed by atoms with Crippen molar-refractivity contribution in [2.45, 2.75) is 13.3 Å². The molecule has 118 valence electrons. The van der Waals surface area contributed by atoms with Crippen LogP contribution in [0.1, 0.15) is 13.3 Å². The molecule has 0 spiro atoms. The summed E-state index contributed by atoms with van der Waals surface area (Å²) in [6.07, 6.45) is 0.941. The molecular weight excluding hydrogens is 362 g/mol. The number of hydrogen-bond acceptors (Lipinski definition) is 5. The van der Waals surface area contributed by atoms with Crippen LogP contribution in [0.2, 0.25) is 0 Å². The zero-order valence-corrected chi connectivity index (χ0v) is 14.0. The average molecular weight is 376 g/mol. The Morgan fingerprint density at radius 1 is 1.30 bits per heavy atom. The summed E-state index contributed by atoms with van der Waals surface area (Å²) in [5.41, 5.74) is 2.69. The number of benzene rings is 2. The summed E-state index contributed by atoms with van der Waals surface area (Å²) < 4.78 is 6.67. The molecule has 0 atom stereocenters. The van der Waals surface area contributed by atoms with Gasteiger partial charge in [-0.2, -0.15) is 0 Å². The summed E-state index contributed by atoms with van der Waals surface area (Å²) in [4.78, 5) is 15.1. The molecule has 6 nitrogen and oxygen atoms in total. The average Bonchev–Trinajstić information content (AvgIpc) is 2.95. The van der Waals surface area contributed by atoms with Crippen LogP contribution in [-0.4, -0.2) is 16.5 Å². The Kier molecular flexibility index (Phi) is 4.29. The summed E-state index contributed by atoms with van der Waals surface area (Å²) in [5, 5.41) is 14.3. The third-order valence-corrected chi connectivity index (χ3v) is 3.85. The van der Waals surface area contributed by atoms with E-state index in [1.807, 2.05) is 18.2 Å². The number of anilines is 1. The summed E-state index contributed by atoms with van der Waals surface area (Å²) in [6, 6.07) is 10.2. The SMILES string of the molecule is CCCNc1ccc([N+](=O)[O-])cc1-c1nc2cc(Br)ccc2o1. The number of nitrogens with zero attached hydrogens (tertiary/aromatic N) is 2. The monoisotopic (exact) mass is 375 g/mol. The molecule has 1 N–H and O–H groups in total. The summed E-state index contributed by atoms with van der Waals surface area (Å²) >= 11 is 3.39. The normalized spacial score (nSPS) is 10.9. The molecule has 0 unspecified atom stereocenters. The van der Waals surface area contributed by atoms with E-state index in [4.69, 9.17) is 4.42 Å². The topological polar surface area (TPSA) is 81.2 Å². The third-order valence-electron chi connectivity index (χ3n) is 3.36. The molecule has 3 aromatic rings. The highest BCUT2D eigenvalue weighted by atomic mass is 79.9. The predicted octanol–water partition coefficient (Wildman–Crippen LogP) is 4.99. The lowest BCUT2D eigenvalue weighted by molar-refractivity contribution is -0.384. The Bertz CT molecular complexity index is 876. The minimum absolute atomic E-state index is 0.00508. The van der Waals surface area contributed by atoms with Crippen LogP contribution in [0.5, 0.6) is 0 Å². The molecular formula is C16H14BrN3O3. The molecule has 7 heteroatoms. The number of rotatable bonds is 5. The number of halogens is 1. The lowest BCUT2D eigenvalue weighted by atomic mass is 10.1. The maximum atomic E-state index is 11.1. The molecule has 23 heavy (non-hydrogen) atoms. The van der Waals surface area contributed by atoms with Crippen LogP contribution in [0, 0.1) is 10.1 Å². The van der Waals surface area contributed by atoms with E-state index >= 15 is 0 Å². The standard InChI is InChI=1S/C16H14BrN3O3/c1-2-7-18-13-5-4-11(20(21)22)9-12(13)16-19-14-8-10(17)3-6-15(14)23-16/h3-6,8-9,18H,2,7H2,1H3. The fourth-order valence-corrected chi connectivity index (χ4v) is 2.60. The van der Waals surface area contributed by atoms with Gasteiger partial charge >= 0.3 is 0 Å². The van der Waals surface area contributed by atoms with E-state index in [0.717, 1.165) is 23.1 Å². The minimum atomic E-state index is -0.424. The maximum absolute atomic E-state index is 11.1. The van der Waals surface area contributed by atoms with Crippen molar-refractivity contribution in [2.24, 2.45) is 0 Å². The van der Waals surface area contributed by atoms with Gasteiger partial charge in [0.2, 0.25) is 5.89 Å². The van der Waals surface area contributed by atoms with E-state index < -0.39 is 4.92 Å². The quantitative estimate of drug-likeness (QED) is 0.501. The van der Waals surface area contributed by atoms with Crippen molar-refractivity contribution in [1.29, 1.82) is 0 Å². The maximum Gasteiger partial charge on any atom is 0.270 e. The molecule has 0 saturated carbocycles. The number of nitrogens with one attached hydrogen (secondary N) is 1. The first kappa shape index (κ1) is 15.5. The molecule has 0 aliphatic rings. The van der Waals surface area contributed by atoms with E-state index in [9.17, 15) is 10.1 Å². The van der Waals surface area contributed by atoms with Gasteiger partial charge in [-0.25, -0.2) is 4.98 Å². The minimum Gasteiger partial charge on any atom is -0.436 e. The second-order valence-electron chi connectivity index (χ2n) is 5.04. The van der Waals surface area contributed by atoms with Gasteiger partial charge in [0.1, 0.15) is 5.52 Å². The Balaban J connectivity index is 2.13. The molecule has 1 heterocycles. The van der Waals surface area contributed by atoms with Gasteiger partial charge in [0.25, 0.3) is 5.69 Å². The van der Waals surface area contributed by atoms with Gasteiger partial charge < -0.3 is 9.73 Å². The van der Waals surface area contributed by atoms with Gasteiger partial charge in [0, 0.05) is 28.8 Å². The van der Waals surface area contributed by atoms with E-state index in [1.165, 1.54) is 12.1 Å². The zero-order valence-electron chi connectivity index (χ0n) is 12.4. The molecule has 0 amide bonds. The van der Waals surface area contributed by atoms with Crippen LogP contribution in [0.4, 0.5) is 11.4 Å². The van der Waals surface area contributed by atoms with E-state index in [-0.39, 0.29) is 5.69 Å². The van der Waals surface area contributed by atoms with Gasteiger partial charge in [-0.1, -0.05) is 22.9 Å². The summed E-state index contributed by atoms with van der Waals surface area (Å²) in [5.74, 6) is 0.361. The molecule has 0 saturated heterocycles.